The lowest BCUT2D eigenvalue weighted by molar-refractivity contribution is -0.127. The van der Waals surface area contributed by atoms with Gasteiger partial charge in [0, 0.05) is 43.1 Å². The number of carbonyl (C=O) groups excluding carboxylic acids is 1. The molecule has 2 aliphatic rings. The molecule has 0 atom stereocenters. The summed E-state index contributed by atoms with van der Waals surface area (Å²) < 4.78 is 5.33. The SMILES string of the molecule is O=C(C=Cc1cccs1)N1CCN(Cc2nc(C3CC3)no2)CC1. The molecule has 6 nitrogen and oxygen atoms in total. The zero-order chi connectivity index (χ0) is 16.4. The largest absolute Gasteiger partial charge is 0.338 e. The first-order chi connectivity index (χ1) is 11.8. The fourth-order valence-electron chi connectivity index (χ4n) is 2.80. The van der Waals surface area contributed by atoms with Crippen LogP contribution in [0.25, 0.3) is 6.08 Å². The molecule has 2 fully saturated rings. The lowest BCUT2D eigenvalue weighted by Crippen LogP contribution is -2.47. The Morgan fingerprint density at radius 2 is 2.17 bits per heavy atom. The lowest BCUT2D eigenvalue weighted by Gasteiger charge is -2.33. The molecule has 1 saturated heterocycles. The van der Waals surface area contributed by atoms with E-state index in [1.54, 1.807) is 17.4 Å². The van der Waals surface area contributed by atoms with Crippen molar-refractivity contribution in [2.75, 3.05) is 26.2 Å². The number of carbonyl (C=O) groups is 1. The molecule has 2 aromatic heterocycles. The lowest BCUT2D eigenvalue weighted by atomic mass is 10.3. The summed E-state index contributed by atoms with van der Waals surface area (Å²) in [5.41, 5.74) is 0. The molecule has 3 heterocycles. The molecule has 1 aliphatic heterocycles. The first-order valence-corrected chi connectivity index (χ1v) is 9.21. The normalized spacial score (nSPS) is 19.2. The predicted molar refractivity (Wildman–Crippen MR) is 91.5 cm³/mol. The van der Waals surface area contributed by atoms with Crippen LogP contribution in [-0.2, 0) is 11.3 Å². The minimum Gasteiger partial charge on any atom is -0.338 e. The Labute approximate surface area is 144 Å². The zero-order valence-corrected chi connectivity index (χ0v) is 14.2. The molecule has 7 heteroatoms. The van der Waals surface area contributed by atoms with Crippen LogP contribution in [0.5, 0.6) is 0 Å². The average molecular weight is 344 g/mol. The van der Waals surface area contributed by atoms with Crippen LogP contribution >= 0.6 is 11.3 Å². The number of hydrogen-bond donors (Lipinski definition) is 0. The Morgan fingerprint density at radius 3 is 2.88 bits per heavy atom. The maximum absolute atomic E-state index is 12.2. The summed E-state index contributed by atoms with van der Waals surface area (Å²) in [6.07, 6.45) is 5.91. The van der Waals surface area contributed by atoms with E-state index >= 15 is 0 Å². The summed E-state index contributed by atoms with van der Waals surface area (Å²) >= 11 is 1.63. The van der Waals surface area contributed by atoms with E-state index in [0.29, 0.717) is 18.4 Å². The molecule has 1 saturated carbocycles. The van der Waals surface area contributed by atoms with Crippen LogP contribution in [0.15, 0.2) is 28.1 Å². The van der Waals surface area contributed by atoms with Crippen molar-refractivity contribution in [1.29, 1.82) is 0 Å². The third-order valence-electron chi connectivity index (χ3n) is 4.40. The van der Waals surface area contributed by atoms with Gasteiger partial charge in [0.15, 0.2) is 5.82 Å². The van der Waals surface area contributed by atoms with Gasteiger partial charge in [-0.2, -0.15) is 4.98 Å². The molecule has 24 heavy (non-hydrogen) atoms. The Bertz CT molecular complexity index is 713. The van der Waals surface area contributed by atoms with Crippen molar-refractivity contribution in [1.82, 2.24) is 19.9 Å². The molecule has 0 unspecified atom stereocenters. The topological polar surface area (TPSA) is 62.5 Å². The summed E-state index contributed by atoms with van der Waals surface area (Å²) in [5, 5.41) is 6.06. The Kier molecular flexibility index (Phi) is 4.44. The Morgan fingerprint density at radius 1 is 1.33 bits per heavy atom. The number of amides is 1. The van der Waals surface area contributed by atoms with Crippen LogP contribution in [0.3, 0.4) is 0 Å². The molecule has 0 N–H and O–H groups in total. The fraction of sp³-hybridized carbons (Fsp3) is 0.471. The standard InChI is InChI=1S/C17H20N4O2S/c22-16(6-5-14-2-1-11-24-14)21-9-7-20(8-10-21)12-15-18-17(19-23-15)13-3-4-13/h1-2,5-6,11,13H,3-4,7-10,12H2. The van der Waals surface area contributed by atoms with Crippen LogP contribution in [0.4, 0.5) is 0 Å². The molecule has 4 rings (SSSR count). The van der Waals surface area contributed by atoms with E-state index in [1.165, 1.54) is 12.8 Å². The molecule has 0 bridgehead atoms. The van der Waals surface area contributed by atoms with Crippen molar-refractivity contribution in [2.24, 2.45) is 0 Å². The molecular formula is C17H20N4O2S. The van der Waals surface area contributed by atoms with Crippen molar-refractivity contribution in [3.8, 4) is 0 Å². The van der Waals surface area contributed by atoms with Crippen molar-refractivity contribution in [2.45, 2.75) is 25.3 Å². The molecule has 1 amide bonds. The molecule has 2 aromatic rings. The smallest absolute Gasteiger partial charge is 0.246 e. The van der Waals surface area contributed by atoms with Gasteiger partial charge in [-0.25, -0.2) is 0 Å². The van der Waals surface area contributed by atoms with Crippen LogP contribution in [0, 0.1) is 0 Å². The van der Waals surface area contributed by atoms with Crippen LogP contribution in [-0.4, -0.2) is 52.0 Å². The average Bonchev–Trinajstić information content (AvgIpc) is 3.13. The molecule has 0 aromatic carbocycles. The highest BCUT2D eigenvalue weighted by Crippen LogP contribution is 2.38. The third-order valence-corrected chi connectivity index (χ3v) is 5.24. The van der Waals surface area contributed by atoms with Crippen LogP contribution in [0.2, 0.25) is 0 Å². The molecule has 0 radical (unpaired) electrons. The number of rotatable bonds is 5. The van der Waals surface area contributed by atoms with Gasteiger partial charge < -0.3 is 9.42 Å². The van der Waals surface area contributed by atoms with E-state index in [1.807, 2.05) is 28.5 Å². The first kappa shape index (κ1) is 15.5. The highest BCUT2D eigenvalue weighted by atomic mass is 32.1. The number of piperazine rings is 1. The van der Waals surface area contributed by atoms with Gasteiger partial charge in [0.2, 0.25) is 11.8 Å². The molecule has 126 valence electrons. The summed E-state index contributed by atoms with van der Waals surface area (Å²) in [5.74, 6) is 2.15. The second-order valence-corrected chi connectivity index (χ2v) is 7.25. The maximum atomic E-state index is 12.2. The van der Waals surface area contributed by atoms with Gasteiger partial charge in [-0.1, -0.05) is 11.2 Å². The van der Waals surface area contributed by atoms with Gasteiger partial charge in [0.1, 0.15) is 0 Å². The third kappa shape index (κ3) is 3.73. The van der Waals surface area contributed by atoms with Crippen molar-refractivity contribution >= 4 is 23.3 Å². The monoisotopic (exact) mass is 344 g/mol. The number of aromatic nitrogens is 2. The van der Waals surface area contributed by atoms with E-state index in [4.69, 9.17) is 4.52 Å². The van der Waals surface area contributed by atoms with E-state index in [0.717, 1.165) is 36.9 Å². The van der Waals surface area contributed by atoms with Crippen molar-refractivity contribution in [3.05, 3.63) is 40.2 Å². The number of nitrogens with zero attached hydrogens (tertiary/aromatic N) is 4. The molecule has 0 spiro atoms. The zero-order valence-electron chi connectivity index (χ0n) is 13.4. The van der Waals surface area contributed by atoms with E-state index in [-0.39, 0.29) is 5.91 Å². The minimum atomic E-state index is 0.0804. The maximum Gasteiger partial charge on any atom is 0.246 e. The Balaban J connectivity index is 1.25. The summed E-state index contributed by atoms with van der Waals surface area (Å²) in [6.45, 7) is 3.81. The minimum absolute atomic E-state index is 0.0804. The Hall–Kier alpha value is -1.99. The highest BCUT2D eigenvalue weighted by Gasteiger charge is 2.29. The van der Waals surface area contributed by atoms with Gasteiger partial charge in [0.05, 0.1) is 6.54 Å². The van der Waals surface area contributed by atoms with E-state index < -0.39 is 0 Å². The summed E-state index contributed by atoms with van der Waals surface area (Å²) in [4.78, 5) is 22.0. The summed E-state index contributed by atoms with van der Waals surface area (Å²) in [7, 11) is 0. The predicted octanol–water partition coefficient (Wildman–Crippen LogP) is 2.37. The van der Waals surface area contributed by atoms with Crippen molar-refractivity contribution in [3.63, 3.8) is 0 Å². The second-order valence-electron chi connectivity index (χ2n) is 6.27. The second kappa shape index (κ2) is 6.86. The van der Waals surface area contributed by atoms with E-state index in [9.17, 15) is 4.79 Å². The van der Waals surface area contributed by atoms with E-state index in [2.05, 4.69) is 15.0 Å². The fourth-order valence-corrected chi connectivity index (χ4v) is 3.42. The number of thiophene rings is 1. The van der Waals surface area contributed by atoms with Gasteiger partial charge >= 0.3 is 0 Å². The van der Waals surface area contributed by atoms with Gasteiger partial charge in [0.25, 0.3) is 0 Å². The van der Waals surface area contributed by atoms with Gasteiger partial charge in [-0.05, 0) is 30.4 Å². The quantitative estimate of drug-likeness (QED) is 0.779. The molecular weight excluding hydrogens is 324 g/mol. The van der Waals surface area contributed by atoms with Gasteiger partial charge in [-0.3, -0.25) is 9.69 Å². The van der Waals surface area contributed by atoms with Crippen LogP contribution in [0.1, 0.15) is 35.4 Å². The summed E-state index contributed by atoms with van der Waals surface area (Å²) in [6, 6.07) is 3.99. The van der Waals surface area contributed by atoms with Gasteiger partial charge in [-0.15, -0.1) is 11.3 Å². The van der Waals surface area contributed by atoms with Crippen molar-refractivity contribution < 1.29 is 9.32 Å². The number of hydrogen-bond acceptors (Lipinski definition) is 6. The van der Waals surface area contributed by atoms with Crippen LogP contribution < -0.4 is 0 Å². The first-order valence-electron chi connectivity index (χ1n) is 8.33. The molecule has 1 aliphatic carbocycles. The highest BCUT2D eigenvalue weighted by molar-refractivity contribution is 7.10.